The lowest BCUT2D eigenvalue weighted by molar-refractivity contribution is -0.135. The molecule has 0 unspecified atom stereocenters. The molecule has 0 N–H and O–H groups in total. The van der Waals surface area contributed by atoms with E-state index in [1.54, 1.807) is 31.9 Å². The normalized spacial score (nSPS) is 15.3. The van der Waals surface area contributed by atoms with Gasteiger partial charge in [0.05, 0.1) is 5.41 Å². The van der Waals surface area contributed by atoms with Crippen LogP contribution in [0.4, 0.5) is 0 Å². The lowest BCUT2D eigenvalue weighted by Gasteiger charge is -2.30. The number of aliphatic imine (C=N–C) groups is 2. The molecule has 5 heteroatoms. The lowest BCUT2D eigenvalue weighted by atomic mass is 9.83. The molecule has 0 saturated carbocycles. The lowest BCUT2D eigenvalue weighted by Crippen LogP contribution is -2.38. The summed E-state index contributed by atoms with van der Waals surface area (Å²) >= 11 is 5.74. The first-order valence-electron chi connectivity index (χ1n) is 6.91. The van der Waals surface area contributed by atoms with Crippen LogP contribution in [-0.4, -0.2) is 28.9 Å². The van der Waals surface area contributed by atoms with Crippen molar-refractivity contribution in [1.82, 2.24) is 4.90 Å². The minimum atomic E-state index is -0.577. The number of hydrogen-bond donors (Lipinski definition) is 0. The van der Waals surface area contributed by atoms with Crippen molar-refractivity contribution in [2.24, 2.45) is 15.4 Å². The molecule has 0 bridgehead atoms. The number of nitrogens with zero attached hydrogens (tertiary/aromatic N) is 3. The van der Waals surface area contributed by atoms with Gasteiger partial charge in [0.2, 0.25) is 5.91 Å². The zero-order valence-electron chi connectivity index (χ0n) is 14.3. The van der Waals surface area contributed by atoms with E-state index in [1.807, 2.05) is 40.7 Å². The van der Waals surface area contributed by atoms with Gasteiger partial charge in [0.15, 0.2) is 0 Å². The van der Waals surface area contributed by atoms with Gasteiger partial charge in [-0.1, -0.05) is 23.3 Å². The van der Waals surface area contributed by atoms with E-state index >= 15 is 0 Å². The van der Waals surface area contributed by atoms with Crippen LogP contribution in [0.25, 0.3) is 0 Å². The van der Waals surface area contributed by atoms with E-state index in [9.17, 15) is 4.79 Å². The number of amidine groups is 1. The van der Waals surface area contributed by atoms with Crippen LogP contribution in [0.2, 0.25) is 0 Å². The number of carbonyl (C=O) groups excluding carboxylic acids is 1. The summed E-state index contributed by atoms with van der Waals surface area (Å²) in [5.74, 6) is 1.04. The van der Waals surface area contributed by atoms with Crippen LogP contribution in [0.3, 0.4) is 0 Å². The van der Waals surface area contributed by atoms with Gasteiger partial charge in [0.1, 0.15) is 16.8 Å². The average molecular weight is 312 g/mol. The Labute approximate surface area is 133 Å². The van der Waals surface area contributed by atoms with Crippen LogP contribution in [0.5, 0.6) is 0 Å². The van der Waals surface area contributed by atoms with Gasteiger partial charge in [-0.15, -0.1) is 0 Å². The van der Waals surface area contributed by atoms with Crippen molar-refractivity contribution in [1.29, 1.82) is 0 Å². The largest absolute Gasteiger partial charge is 0.299 e. The monoisotopic (exact) mass is 311 g/mol. The molecule has 0 aliphatic heterocycles. The van der Waals surface area contributed by atoms with E-state index in [4.69, 9.17) is 11.6 Å². The summed E-state index contributed by atoms with van der Waals surface area (Å²) in [6.07, 6.45) is 3.73. The van der Waals surface area contributed by atoms with Gasteiger partial charge in [-0.25, -0.2) is 9.98 Å². The number of amides is 1. The van der Waals surface area contributed by atoms with Gasteiger partial charge in [-0.05, 0) is 54.5 Å². The quantitative estimate of drug-likeness (QED) is 0.432. The number of allylic oxidation sites excluding steroid dienone is 2. The number of halogens is 1. The summed E-state index contributed by atoms with van der Waals surface area (Å²) in [5.41, 5.74) is 0.442. The second-order valence-corrected chi connectivity index (χ2v) is 5.92. The summed E-state index contributed by atoms with van der Waals surface area (Å²) in [5, 5.41) is 0.408. The highest BCUT2D eigenvalue weighted by Gasteiger charge is 2.32. The van der Waals surface area contributed by atoms with Crippen LogP contribution < -0.4 is 0 Å². The molecule has 118 valence electrons. The molecule has 0 aromatic heterocycles. The molecule has 0 aliphatic rings. The van der Waals surface area contributed by atoms with Gasteiger partial charge < -0.3 is 0 Å². The molecule has 0 radical (unpaired) electrons. The highest BCUT2D eigenvalue weighted by molar-refractivity contribution is 6.65. The second kappa shape index (κ2) is 8.13. The molecule has 0 aliphatic carbocycles. The van der Waals surface area contributed by atoms with Crippen molar-refractivity contribution in [2.45, 2.75) is 48.5 Å². The Morgan fingerprint density at radius 3 is 2.00 bits per heavy atom. The summed E-state index contributed by atoms with van der Waals surface area (Å²) in [4.78, 5) is 22.6. The molecule has 0 fully saturated rings. The first kappa shape index (κ1) is 19.6. The molecule has 0 spiro atoms. The molecule has 0 aromatic rings. The van der Waals surface area contributed by atoms with Gasteiger partial charge in [0, 0.05) is 7.05 Å². The SMILES string of the molecule is C/C=C(/C)C(C)(C)C(=O)N(C)/C(=C/C)N=C(C)N=C(C)Cl. The first-order valence-corrected chi connectivity index (χ1v) is 7.29. The van der Waals surface area contributed by atoms with Crippen LogP contribution >= 0.6 is 11.6 Å². The van der Waals surface area contributed by atoms with Crippen molar-refractivity contribution < 1.29 is 4.79 Å². The maximum atomic E-state index is 12.7. The van der Waals surface area contributed by atoms with Crippen molar-refractivity contribution in [3.63, 3.8) is 0 Å². The topological polar surface area (TPSA) is 45.0 Å². The molecule has 21 heavy (non-hydrogen) atoms. The van der Waals surface area contributed by atoms with Crippen molar-refractivity contribution >= 4 is 28.5 Å². The summed E-state index contributed by atoms with van der Waals surface area (Å²) < 4.78 is 0. The van der Waals surface area contributed by atoms with E-state index in [2.05, 4.69) is 9.98 Å². The molecule has 0 saturated heterocycles. The Morgan fingerprint density at radius 1 is 1.10 bits per heavy atom. The van der Waals surface area contributed by atoms with Crippen molar-refractivity contribution in [3.05, 3.63) is 23.5 Å². The highest BCUT2D eigenvalue weighted by atomic mass is 35.5. The van der Waals surface area contributed by atoms with Gasteiger partial charge in [-0.2, -0.15) is 0 Å². The fourth-order valence-corrected chi connectivity index (χ4v) is 1.92. The molecule has 0 rings (SSSR count). The van der Waals surface area contributed by atoms with Gasteiger partial charge in [0.25, 0.3) is 0 Å². The molecule has 4 nitrogen and oxygen atoms in total. The van der Waals surface area contributed by atoms with Crippen LogP contribution in [0.1, 0.15) is 48.5 Å². The van der Waals surface area contributed by atoms with E-state index in [-0.39, 0.29) is 5.91 Å². The smallest absolute Gasteiger partial charge is 0.237 e. The number of rotatable bonds is 4. The maximum Gasteiger partial charge on any atom is 0.237 e. The van der Waals surface area contributed by atoms with Gasteiger partial charge in [-0.3, -0.25) is 9.69 Å². The van der Waals surface area contributed by atoms with Gasteiger partial charge >= 0.3 is 0 Å². The molecule has 0 atom stereocenters. The summed E-state index contributed by atoms with van der Waals surface area (Å²) in [6.45, 7) is 13.0. The maximum absolute atomic E-state index is 12.7. The van der Waals surface area contributed by atoms with E-state index in [1.165, 1.54) is 0 Å². The minimum Gasteiger partial charge on any atom is -0.299 e. The molecule has 0 heterocycles. The Bertz CT molecular complexity index is 510. The number of hydrogen-bond acceptors (Lipinski definition) is 2. The Hall–Kier alpha value is -1.42. The zero-order valence-corrected chi connectivity index (χ0v) is 15.0. The molecular formula is C16H26ClN3O. The second-order valence-electron chi connectivity index (χ2n) is 5.38. The summed E-state index contributed by atoms with van der Waals surface area (Å²) in [7, 11) is 1.72. The first-order chi connectivity index (χ1) is 9.57. The molecule has 0 aromatic carbocycles. The minimum absolute atomic E-state index is 0.0191. The van der Waals surface area contributed by atoms with Crippen molar-refractivity contribution in [3.8, 4) is 0 Å². The third-order valence-electron chi connectivity index (χ3n) is 3.45. The molecule has 1 amide bonds. The summed E-state index contributed by atoms with van der Waals surface area (Å²) in [6, 6.07) is 0. The van der Waals surface area contributed by atoms with E-state index in [0.29, 0.717) is 16.8 Å². The van der Waals surface area contributed by atoms with Crippen LogP contribution in [0, 0.1) is 5.41 Å². The van der Waals surface area contributed by atoms with E-state index < -0.39 is 5.41 Å². The van der Waals surface area contributed by atoms with Crippen molar-refractivity contribution in [2.75, 3.05) is 7.05 Å². The fourth-order valence-electron chi connectivity index (χ4n) is 1.80. The standard InChI is InChI=1S/C16H26ClN3O/c1-9-11(3)16(6,7)15(21)20(8)14(10-2)19-13(5)18-12(4)17/h9-10H,1-8H3/b11-9-,14-10+,18-12?,19-13?. The average Bonchev–Trinajstić information content (AvgIpc) is 2.41. The Morgan fingerprint density at radius 2 is 1.62 bits per heavy atom. The predicted octanol–water partition coefficient (Wildman–Crippen LogP) is 4.37. The zero-order chi connectivity index (χ0) is 16.8. The van der Waals surface area contributed by atoms with Crippen LogP contribution in [0.15, 0.2) is 33.5 Å². The van der Waals surface area contributed by atoms with Crippen LogP contribution in [-0.2, 0) is 4.79 Å². The predicted molar refractivity (Wildman–Crippen MR) is 91.8 cm³/mol. The Kier molecular flexibility index (Phi) is 7.58. The molecular weight excluding hydrogens is 286 g/mol. The third kappa shape index (κ3) is 5.46. The fraction of sp³-hybridized carbons (Fsp3) is 0.562. The van der Waals surface area contributed by atoms with E-state index in [0.717, 1.165) is 5.57 Å². The third-order valence-corrected chi connectivity index (χ3v) is 3.54. The Balaban J connectivity index is 5.45. The number of carbonyl (C=O) groups is 1. The highest BCUT2D eigenvalue weighted by Crippen LogP contribution is 2.29.